The van der Waals surface area contributed by atoms with Gasteiger partial charge in [0.05, 0.1) is 41.6 Å². The number of ether oxygens (including phenoxy) is 1. The Labute approximate surface area is 265 Å². The van der Waals surface area contributed by atoms with E-state index in [4.69, 9.17) is 9.84 Å². The number of hydrazone groups is 1. The fraction of sp³-hybridized carbons (Fsp3) is 0.156. The minimum atomic E-state index is -0.649. The number of thiophene rings is 1. The Balaban J connectivity index is 1.24. The molecule has 6 rings (SSSR count). The van der Waals surface area contributed by atoms with Gasteiger partial charge in [-0.2, -0.15) is 5.10 Å². The van der Waals surface area contributed by atoms with Crippen molar-refractivity contribution >= 4 is 40.6 Å². The number of rotatable bonds is 10. The summed E-state index contributed by atoms with van der Waals surface area (Å²) in [7, 11) is 1.60. The molecule has 228 valence electrons. The molecule has 1 N–H and O–H groups in total. The second-order valence-electron chi connectivity index (χ2n) is 9.92. The van der Waals surface area contributed by atoms with Crippen molar-refractivity contribution in [3.63, 3.8) is 0 Å². The number of hydrogen-bond acceptors (Lipinski definition) is 8. The lowest BCUT2D eigenvalue weighted by Gasteiger charge is -2.22. The lowest BCUT2D eigenvalue weighted by atomic mass is 10.0. The van der Waals surface area contributed by atoms with E-state index in [1.54, 1.807) is 41.2 Å². The zero-order valence-corrected chi connectivity index (χ0v) is 25.5. The minimum Gasteiger partial charge on any atom is -0.497 e. The second-order valence-corrected chi connectivity index (χ2v) is 11.8. The third-order valence-corrected chi connectivity index (χ3v) is 8.94. The van der Waals surface area contributed by atoms with Crippen LogP contribution in [0.3, 0.4) is 0 Å². The first-order valence-electron chi connectivity index (χ1n) is 13.8. The van der Waals surface area contributed by atoms with Crippen LogP contribution in [-0.2, 0) is 11.3 Å². The number of amides is 2. The molecule has 0 radical (unpaired) electrons. The van der Waals surface area contributed by atoms with Gasteiger partial charge in [-0.05, 0) is 65.5 Å². The first kappa shape index (κ1) is 30.2. The van der Waals surface area contributed by atoms with Gasteiger partial charge < -0.3 is 10.1 Å². The van der Waals surface area contributed by atoms with Gasteiger partial charge in [0.1, 0.15) is 17.4 Å². The molecular formula is C32H26F2N6O3S2. The van der Waals surface area contributed by atoms with Gasteiger partial charge in [-0.1, -0.05) is 42.1 Å². The predicted octanol–water partition coefficient (Wildman–Crippen LogP) is 6.02. The van der Waals surface area contributed by atoms with Gasteiger partial charge in [0.15, 0.2) is 11.0 Å². The quantitative estimate of drug-likeness (QED) is 0.187. The molecule has 13 heteroatoms. The van der Waals surface area contributed by atoms with Crippen LogP contribution in [0, 0.1) is 11.6 Å². The Morgan fingerprint density at radius 1 is 1.00 bits per heavy atom. The van der Waals surface area contributed by atoms with Gasteiger partial charge in [-0.25, -0.2) is 13.8 Å². The van der Waals surface area contributed by atoms with Crippen molar-refractivity contribution in [3.05, 3.63) is 124 Å². The number of aromatic nitrogens is 3. The molecule has 0 fully saturated rings. The molecule has 0 saturated heterocycles. The Hall–Kier alpha value is -4.88. The largest absolute Gasteiger partial charge is 0.497 e. The van der Waals surface area contributed by atoms with Crippen LogP contribution in [0.1, 0.15) is 39.1 Å². The topological polar surface area (TPSA) is 102 Å². The smallest absolute Gasteiger partial charge is 0.254 e. The van der Waals surface area contributed by atoms with E-state index in [0.717, 1.165) is 27.9 Å². The van der Waals surface area contributed by atoms with Crippen LogP contribution in [0.15, 0.2) is 101 Å². The Morgan fingerprint density at radius 2 is 1.78 bits per heavy atom. The molecule has 2 amide bonds. The van der Waals surface area contributed by atoms with Crippen molar-refractivity contribution in [2.75, 3.05) is 12.9 Å². The number of methoxy groups -OCH3 is 1. The van der Waals surface area contributed by atoms with Crippen molar-refractivity contribution in [1.29, 1.82) is 0 Å². The third-order valence-electron chi connectivity index (χ3n) is 7.11. The summed E-state index contributed by atoms with van der Waals surface area (Å²) in [6, 6.07) is 22.5. The lowest BCUT2D eigenvalue weighted by molar-refractivity contribution is -0.130. The number of benzene rings is 3. The van der Waals surface area contributed by atoms with E-state index in [2.05, 4.69) is 15.5 Å². The summed E-state index contributed by atoms with van der Waals surface area (Å²) in [6.07, 6.45) is 0.556. The van der Waals surface area contributed by atoms with E-state index >= 15 is 0 Å². The van der Waals surface area contributed by atoms with Crippen LogP contribution in [0.5, 0.6) is 5.75 Å². The normalized spacial score (nSPS) is 14.3. The maximum absolute atomic E-state index is 14.1. The van der Waals surface area contributed by atoms with Gasteiger partial charge in [0.25, 0.3) is 11.8 Å². The molecule has 5 aromatic rings. The molecule has 0 aliphatic carbocycles. The maximum atomic E-state index is 14.1. The summed E-state index contributed by atoms with van der Waals surface area (Å²) in [5.74, 6) is -0.927. The van der Waals surface area contributed by atoms with Gasteiger partial charge in [-0.3, -0.25) is 14.2 Å². The van der Waals surface area contributed by atoms with E-state index in [0.29, 0.717) is 28.8 Å². The lowest BCUT2D eigenvalue weighted by Crippen LogP contribution is -2.28. The number of hydrogen-bond donors (Lipinski definition) is 1. The summed E-state index contributed by atoms with van der Waals surface area (Å²) < 4.78 is 34.9. The van der Waals surface area contributed by atoms with E-state index in [-0.39, 0.29) is 29.8 Å². The van der Waals surface area contributed by atoms with Crippen LogP contribution in [0.2, 0.25) is 0 Å². The highest BCUT2D eigenvalue weighted by atomic mass is 32.2. The van der Waals surface area contributed by atoms with Crippen molar-refractivity contribution in [3.8, 4) is 11.4 Å². The average molecular weight is 645 g/mol. The summed E-state index contributed by atoms with van der Waals surface area (Å²) >= 11 is 2.71. The highest BCUT2D eigenvalue weighted by Gasteiger charge is 2.34. The molecular weight excluding hydrogens is 619 g/mol. The van der Waals surface area contributed by atoms with Gasteiger partial charge >= 0.3 is 0 Å². The van der Waals surface area contributed by atoms with Gasteiger partial charge in [0.2, 0.25) is 0 Å². The van der Waals surface area contributed by atoms with E-state index < -0.39 is 17.5 Å². The van der Waals surface area contributed by atoms with E-state index in [9.17, 15) is 18.4 Å². The summed E-state index contributed by atoms with van der Waals surface area (Å²) in [5.41, 5.74) is 2.17. The summed E-state index contributed by atoms with van der Waals surface area (Å²) in [5, 5.41) is 19.7. The summed E-state index contributed by atoms with van der Waals surface area (Å²) in [6.45, 7) is -0.0911. The molecule has 9 nitrogen and oxygen atoms in total. The van der Waals surface area contributed by atoms with Gasteiger partial charge in [0, 0.05) is 12.1 Å². The molecule has 2 aromatic heterocycles. The van der Waals surface area contributed by atoms with Crippen LogP contribution >= 0.6 is 23.1 Å². The number of halogens is 2. The fourth-order valence-electron chi connectivity index (χ4n) is 4.87. The summed E-state index contributed by atoms with van der Waals surface area (Å²) in [4.78, 5) is 27.4. The van der Waals surface area contributed by atoms with Crippen molar-refractivity contribution in [1.82, 2.24) is 25.1 Å². The fourth-order valence-corrected chi connectivity index (χ4v) is 6.41. The van der Waals surface area contributed by atoms with Crippen LogP contribution in [0.25, 0.3) is 5.69 Å². The van der Waals surface area contributed by atoms with E-state index in [1.807, 2.05) is 41.8 Å². The zero-order chi connectivity index (χ0) is 31.3. The minimum absolute atomic E-state index is 0.0191. The van der Waals surface area contributed by atoms with Crippen molar-refractivity contribution in [2.24, 2.45) is 5.10 Å². The molecule has 1 aliphatic rings. The molecule has 0 spiro atoms. The molecule has 1 atom stereocenters. The van der Waals surface area contributed by atoms with Crippen LogP contribution in [-0.4, -0.2) is 50.2 Å². The zero-order valence-electron chi connectivity index (χ0n) is 23.9. The third kappa shape index (κ3) is 6.64. The number of nitrogens with one attached hydrogen (secondary N) is 1. The molecule has 45 heavy (non-hydrogen) atoms. The highest BCUT2D eigenvalue weighted by molar-refractivity contribution is 7.99. The Morgan fingerprint density at radius 3 is 2.49 bits per heavy atom. The molecule has 0 unspecified atom stereocenters. The number of nitrogens with zero attached hydrogens (tertiary/aromatic N) is 5. The van der Waals surface area contributed by atoms with Crippen LogP contribution < -0.4 is 10.1 Å². The predicted molar refractivity (Wildman–Crippen MR) is 168 cm³/mol. The first-order chi connectivity index (χ1) is 21.9. The van der Waals surface area contributed by atoms with E-state index in [1.165, 1.54) is 35.3 Å². The molecule has 3 aromatic carbocycles. The van der Waals surface area contributed by atoms with Gasteiger partial charge in [-0.15, -0.1) is 21.5 Å². The number of thioether (sulfide) groups is 1. The standard InChI is InChI=1S/C32H26F2N6O3S2/c1-43-23-14-8-20(9-15-23)27-17-26(28-7-4-16-44-28)38-40(27)30(41)19-45-32-37-36-29(39(32)22-12-10-21(33)11-13-22)18-35-31(42)24-5-2-3-6-25(24)34/h2-16,27H,17-19H2,1H3,(H,35,42)/t27-/m0/s1. The first-order valence-corrected chi connectivity index (χ1v) is 15.7. The van der Waals surface area contributed by atoms with Crippen LogP contribution in [0.4, 0.5) is 8.78 Å². The molecule has 0 bridgehead atoms. The molecule has 1 aliphatic heterocycles. The number of carbonyl (C=O) groups excluding carboxylic acids is 2. The average Bonchev–Trinajstić information content (AvgIpc) is 3.84. The Kier molecular flexibility index (Phi) is 8.98. The SMILES string of the molecule is COc1ccc([C@@H]2CC(c3cccs3)=NN2C(=O)CSc2nnc(CNC(=O)c3ccccc3F)n2-c2ccc(F)cc2)cc1. The second kappa shape index (κ2) is 13.4. The maximum Gasteiger partial charge on any atom is 0.254 e. The number of carbonyl (C=O) groups is 2. The van der Waals surface area contributed by atoms with Crippen molar-refractivity contribution < 1.29 is 23.1 Å². The monoisotopic (exact) mass is 644 g/mol. The van der Waals surface area contributed by atoms with Crippen molar-refractivity contribution in [2.45, 2.75) is 24.2 Å². The molecule has 3 heterocycles. The molecule has 0 saturated carbocycles. The highest BCUT2D eigenvalue weighted by Crippen LogP contribution is 2.35. The Bertz CT molecular complexity index is 1840.